The van der Waals surface area contributed by atoms with Crippen LogP contribution in [0.2, 0.25) is 0 Å². The number of rotatable bonds is 7. The van der Waals surface area contributed by atoms with Crippen molar-refractivity contribution in [3.63, 3.8) is 0 Å². The molecule has 0 unspecified atom stereocenters. The highest BCUT2D eigenvalue weighted by molar-refractivity contribution is 7.71. The molecule has 0 amide bonds. The molecule has 0 saturated heterocycles. The minimum Gasteiger partial charge on any atom is -0.494 e. The lowest BCUT2D eigenvalue weighted by Gasteiger charge is -2.05. The first-order chi connectivity index (χ1) is 12.7. The lowest BCUT2D eigenvalue weighted by molar-refractivity contribution is 0.306. The zero-order chi connectivity index (χ0) is 18.4. The van der Waals surface area contributed by atoms with Gasteiger partial charge >= 0.3 is 0 Å². The maximum atomic E-state index is 12.5. The van der Waals surface area contributed by atoms with Gasteiger partial charge in [0.1, 0.15) is 5.75 Å². The number of aromatic nitrogens is 2. The Bertz CT molecular complexity index is 1020. The van der Waals surface area contributed by atoms with Crippen LogP contribution < -0.4 is 10.3 Å². The molecule has 0 saturated carbocycles. The molecule has 6 heteroatoms. The van der Waals surface area contributed by atoms with Crippen LogP contribution >= 0.6 is 12.2 Å². The summed E-state index contributed by atoms with van der Waals surface area (Å²) < 4.78 is 7.16. The quantitative estimate of drug-likeness (QED) is 0.380. The van der Waals surface area contributed by atoms with E-state index in [1.165, 1.54) is 17.5 Å². The first-order valence-electron chi connectivity index (χ1n) is 8.70. The van der Waals surface area contributed by atoms with Gasteiger partial charge in [0, 0.05) is 0 Å². The second kappa shape index (κ2) is 8.58. The van der Waals surface area contributed by atoms with E-state index in [0.717, 1.165) is 24.3 Å². The van der Waals surface area contributed by atoms with E-state index in [4.69, 9.17) is 17.0 Å². The van der Waals surface area contributed by atoms with E-state index in [0.29, 0.717) is 10.9 Å². The highest BCUT2D eigenvalue weighted by atomic mass is 32.1. The fourth-order valence-corrected chi connectivity index (χ4v) is 2.81. The van der Waals surface area contributed by atoms with Crippen LogP contribution in [0, 0.1) is 4.77 Å². The molecule has 0 radical (unpaired) electrons. The van der Waals surface area contributed by atoms with Crippen LogP contribution in [0.15, 0.2) is 58.4 Å². The lowest BCUT2D eigenvalue weighted by Crippen LogP contribution is -2.18. The number of unbranched alkanes of at least 4 members (excludes halogenated alkanes) is 2. The van der Waals surface area contributed by atoms with E-state index in [2.05, 4.69) is 17.0 Å². The van der Waals surface area contributed by atoms with Gasteiger partial charge in [-0.25, -0.2) is 0 Å². The number of aromatic amines is 1. The van der Waals surface area contributed by atoms with Crippen molar-refractivity contribution in [3.05, 3.63) is 69.2 Å². The molecule has 0 atom stereocenters. The highest BCUT2D eigenvalue weighted by Crippen LogP contribution is 2.12. The summed E-state index contributed by atoms with van der Waals surface area (Å²) in [6.45, 7) is 2.89. The first kappa shape index (κ1) is 18.1. The molecule has 0 spiro atoms. The maximum absolute atomic E-state index is 12.5. The summed E-state index contributed by atoms with van der Waals surface area (Å²) in [5.74, 6) is 0.832. The van der Waals surface area contributed by atoms with Gasteiger partial charge in [0.2, 0.25) is 4.77 Å². The van der Waals surface area contributed by atoms with Crippen molar-refractivity contribution in [3.8, 4) is 5.75 Å². The molecule has 1 heterocycles. The lowest BCUT2D eigenvalue weighted by atomic mass is 10.2. The van der Waals surface area contributed by atoms with Gasteiger partial charge in [-0.15, -0.1) is 0 Å². The summed E-state index contributed by atoms with van der Waals surface area (Å²) >= 11 is 5.25. The van der Waals surface area contributed by atoms with E-state index in [-0.39, 0.29) is 10.3 Å². The number of nitrogens with zero attached hydrogens (tertiary/aromatic N) is 2. The standard InChI is InChI=1S/C20H21N3O2S/c1-2-3-6-13-25-16-11-9-15(10-12-16)14-21-23-19(24)17-7-4-5-8-18(17)22-20(23)26/h4-5,7-12,14H,2-3,6,13H2,1H3,(H,22,26)/b21-14-. The van der Waals surface area contributed by atoms with E-state index < -0.39 is 0 Å². The third-order valence-corrected chi connectivity index (χ3v) is 4.28. The van der Waals surface area contributed by atoms with Crippen LogP contribution in [-0.4, -0.2) is 22.5 Å². The summed E-state index contributed by atoms with van der Waals surface area (Å²) in [4.78, 5) is 15.6. The summed E-state index contributed by atoms with van der Waals surface area (Å²) in [7, 11) is 0. The minimum atomic E-state index is -0.239. The van der Waals surface area contributed by atoms with Gasteiger partial charge in [-0.3, -0.25) is 4.79 Å². The topological polar surface area (TPSA) is 59.4 Å². The van der Waals surface area contributed by atoms with Crippen molar-refractivity contribution in [2.24, 2.45) is 5.10 Å². The Labute approximate surface area is 157 Å². The second-order valence-corrected chi connectivity index (χ2v) is 6.35. The summed E-state index contributed by atoms with van der Waals surface area (Å²) in [6, 6.07) is 14.8. The minimum absolute atomic E-state index is 0.239. The third kappa shape index (κ3) is 4.26. The number of benzene rings is 2. The van der Waals surface area contributed by atoms with Crippen molar-refractivity contribution in [2.75, 3.05) is 6.61 Å². The maximum Gasteiger partial charge on any atom is 0.282 e. The predicted molar refractivity (Wildman–Crippen MR) is 108 cm³/mol. The average Bonchev–Trinajstić information content (AvgIpc) is 2.66. The normalized spacial score (nSPS) is 11.3. The SMILES string of the molecule is CCCCCOc1ccc(/C=N\n2c(=S)[nH]c3ccccc3c2=O)cc1. The number of hydrogen-bond donors (Lipinski definition) is 1. The molecule has 0 fully saturated rings. The van der Waals surface area contributed by atoms with Crippen LogP contribution in [0.25, 0.3) is 10.9 Å². The zero-order valence-electron chi connectivity index (χ0n) is 14.6. The van der Waals surface area contributed by atoms with Gasteiger partial charge in [-0.05, 0) is 60.6 Å². The Kier molecular flexibility index (Phi) is 5.96. The van der Waals surface area contributed by atoms with Crippen molar-refractivity contribution in [2.45, 2.75) is 26.2 Å². The smallest absolute Gasteiger partial charge is 0.282 e. The molecular formula is C20H21N3O2S. The van der Waals surface area contributed by atoms with E-state index in [9.17, 15) is 4.79 Å². The fourth-order valence-electron chi connectivity index (χ4n) is 2.57. The Balaban J connectivity index is 1.77. The van der Waals surface area contributed by atoms with Crippen LogP contribution in [0.4, 0.5) is 0 Å². The molecule has 1 aromatic heterocycles. The molecule has 3 aromatic rings. The Morgan fingerprint density at radius 2 is 1.92 bits per heavy atom. The summed E-state index contributed by atoms with van der Waals surface area (Å²) in [5.41, 5.74) is 1.33. The molecular weight excluding hydrogens is 346 g/mol. The van der Waals surface area contributed by atoms with E-state index >= 15 is 0 Å². The summed E-state index contributed by atoms with van der Waals surface area (Å²) in [5, 5.41) is 4.79. The molecule has 1 N–H and O–H groups in total. The second-order valence-electron chi connectivity index (χ2n) is 5.96. The van der Waals surface area contributed by atoms with Gasteiger partial charge in [-0.2, -0.15) is 9.78 Å². The molecule has 0 aliphatic rings. The van der Waals surface area contributed by atoms with Gasteiger partial charge in [0.25, 0.3) is 5.56 Å². The van der Waals surface area contributed by atoms with Crippen LogP contribution in [0.1, 0.15) is 31.7 Å². The van der Waals surface area contributed by atoms with Gasteiger partial charge in [0.05, 0.1) is 23.7 Å². The largest absolute Gasteiger partial charge is 0.494 e. The number of hydrogen-bond acceptors (Lipinski definition) is 4. The summed E-state index contributed by atoms with van der Waals surface area (Å²) in [6.07, 6.45) is 5.02. The zero-order valence-corrected chi connectivity index (χ0v) is 15.5. The Hall–Kier alpha value is -2.73. The van der Waals surface area contributed by atoms with E-state index in [1.807, 2.05) is 42.5 Å². The number of nitrogens with one attached hydrogen (secondary N) is 1. The van der Waals surface area contributed by atoms with Crippen molar-refractivity contribution < 1.29 is 4.74 Å². The monoisotopic (exact) mass is 367 g/mol. The van der Waals surface area contributed by atoms with Crippen LogP contribution in [0.5, 0.6) is 5.75 Å². The molecule has 0 aliphatic carbocycles. The van der Waals surface area contributed by atoms with Gasteiger partial charge in [0.15, 0.2) is 0 Å². The Morgan fingerprint density at radius 3 is 2.69 bits per heavy atom. The number of H-pyrrole nitrogens is 1. The number of fused-ring (bicyclic) bond motifs is 1. The van der Waals surface area contributed by atoms with Crippen molar-refractivity contribution >= 4 is 29.3 Å². The first-order valence-corrected chi connectivity index (χ1v) is 9.11. The molecule has 134 valence electrons. The van der Waals surface area contributed by atoms with Crippen molar-refractivity contribution in [1.82, 2.24) is 9.66 Å². The molecule has 26 heavy (non-hydrogen) atoms. The number of ether oxygens (including phenoxy) is 1. The number of para-hydroxylation sites is 1. The molecule has 2 aromatic carbocycles. The van der Waals surface area contributed by atoms with Crippen molar-refractivity contribution in [1.29, 1.82) is 0 Å². The highest BCUT2D eigenvalue weighted by Gasteiger charge is 2.03. The molecule has 0 bridgehead atoms. The van der Waals surface area contributed by atoms with Crippen LogP contribution in [-0.2, 0) is 0 Å². The molecule has 0 aliphatic heterocycles. The van der Waals surface area contributed by atoms with E-state index in [1.54, 1.807) is 12.3 Å². The fraction of sp³-hybridized carbons (Fsp3) is 0.250. The van der Waals surface area contributed by atoms with Crippen LogP contribution in [0.3, 0.4) is 0 Å². The third-order valence-electron chi connectivity index (χ3n) is 4.00. The van der Waals surface area contributed by atoms with Gasteiger partial charge in [-0.1, -0.05) is 31.9 Å². The van der Waals surface area contributed by atoms with Gasteiger partial charge < -0.3 is 9.72 Å². The predicted octanol–water partition coefficient (Wildman–Crippen LogP) is 4.51. The molecule has 3 rings (SSSR count). The molecule has 5 nitrogen and oxygen atoms in total. The Morgan fingerprint density at radius 1 is 1.15 bits per heavy atom. The average molecular weight is 367 g/mol.